The molecule has 0 saturated carbocycles. The van der Waals surface area contributed by atoms with Crippen molar-refractivity contribution in [1.29, 1.82) is 0 Å². The number of ether oxygens (including phenoxy) is 1. The zero-order chi connectivity index (χ0) is 7.40. The first kappa shape index (κ1) is 7.98. The Morgan fingerprint density at radius 1 is 1.70 bits per heavy atom. The second kappa shape index (κ2) is 3.91. The van der Waals surface area contributed by atoms with Crippen LogP contribution in [0.2, 0.25) is 0 Å². The Hall–Kier alpha value is -0.120. The van der Waals surface area contributed by atoms with Crippen LogP contribution in [0, 0.1) is 0 Å². The molecule has 10 heavy (non-hydrogen) atoms. The van der Waals surface area contributed by atoms with Crippen molar-refractivity contribution in [3.8, 4) is 0 Å². The lowest BCUT2D eigenvalue weighted by Gasteiger charge is -2.31. The molecule has 1 saturated heterocycles. The minimum absolute atomic E-state index is 0.262. The summed E-state index contributed by atoms with van der Waals surface area (Å²) in [7, 11) is 2.07. The van der Waals surface area contributed by atoms with Crippen LogP contribution < -0.4 is 0 Å². The minimum atomic E-state index is 0.262. The van der Waals surface area contributed by atoms with Crippen LogP contribution in [-0.2, 0) is 4.74 Å². The number of hydrogen-bond acceptors (Lipinski definition) is 3. The highest BCUT2D eigenvalue weighted by Crippen LogP contribution is 2.06. The summed E-state index contributed by atoms with van der Waals surface area (Å²) in [4.78, 5) is 2.24. The van der Waals surface area contributed by atoms with E-state index in [1.165, 1.54) is 0 Å². The van der Waals surface area contributed by atoms with Crippen LogP contribution in [0.25, 0.3) is 0 Å². The van der Waals surface area contributed by atoms with Gasteiger partial charge in [-0.2, -0.15) is 0 Å². The smallest absolute Gasteiger partial charge is 0.0623 e. The van der Waals surface area contributed by atoms with Crippen LogP contribution in [0.3, 0.4) is 0 Å². The Labute approximate surface area is 61.6 Å². The summed E-state index contributed by atoms with van der Waals surface area (Å²) in [5, 5.41) is 8.65. The number of rotatable bonds is 2. The zero-order valence-electron chi connectivity index (χ0n) is 6.42. The Bertz CT molecular complexity index is 95.6. The molecule has 0 amide bonds. The number of nitrogens with zero attached hydrogens (tertiary/aromatic N) is 1. The maximum atomic E-state index is 8.65. The molecule has 0 bridgehead atoms. The van der Waals surface area contributed by atoms with Gasteiger partial charge in [0.25, 0.3) is 0 Å². The van der Waals surface area contributed by atoms with Crippen LogP contribution in [0.5, 0.6) is 0 Å². The molecule has 3 heteroatoms. The van der Waals surface area contributed by atoms with E-state index in [4.69, 9.17) is 9.84 Å². The topological polar surface area (TPSA) is 32.7 Å². The first-order chi connectivity index (χ1) is 4.84. The van der Waals surface area contributed by atoms with Gasteiger partial charge in [0, 0.05) is 19.2 Å². The third-order valence-corrected chi connectivity index (χ3v) is 1.98. The van der Waals surface area contributed by atoms with E-state index >= 15 is 0 Å². The van der Waals surface area contributed by atoms with E-state index in [9.17, 15) is 0 Å². The molecule has 1 fully saturated rings. The van der Waals surface area contributed by atoms with Gasteiger partial charge >= 0.3 is 0 Å². The monoisotopic (exact) mass is 145 g/mol. The van der Waals surface area contributed by atoms with E-state index in [-0.39, 0.29) is 6.61 Å². The van der Waals surface area contributed by atoms with Crippen LogP contribution in [-0.4, -0.2) is 49.5 Å². The van der Waals surface area contributed by atoms with E-state index < -0.39 is 0 Å². The zero-order valence-corrected chi connectivity index (χ0v) is 6.42. The van der Waals surface area contributed by atoms with Gasteiger partial charge in [-0.05, 0) is 13.5 Å². The molecule has 1 unspecified atom stereocenters. The molecule has 3 nitrogen and oxygen atoms in total. The molecular weight excluding hydrogens is 130 g/mol. The molecule has 0 aromatic heterocycles. The van der Waals surface area contributed by atoms with Gasteiger partial charge in [0.2, 0.25) is 0 Å². The number of morpholine rings is 1. The predicted molar refractivity (Wildman–Crippen MR) is 38.9 cm³/mol. The van der Waals surface area contributed by atoms with Gasteiger partial charge < -0.3 is 9.84 Å². The molecule has 1 rings (SSSR count). The highest BCUT2D eigenvalue weighted by Gasteiger charge is 2.17. The van der Waals surface area contributed by atoms with Gasteiger partial charge in [-0.15, -0.1) is 0 Å². The molecule has 1 N–H and O–H groups in total. The van der Waals surface area contributed by atoms with Gasteiger partial charge in [0.1, 0.15) is 0 Å². The molecule has 1 atom stereocenters. The molecule has 1 aliphatic rings. The Morgan fingerprint density at radius 3 is 3.10 bits per heavy atom. The summed E-state index contributed by atoms with van der Waals surface area (Å²) >= 11 is 0. The van der Waals surface area contributed by atoms with Crippen molar-refractivity contribution < 1.29 is 9.84 Å². The first-order valence-electron chi connectivity index (χ1n) is 3.73. The van der Waals surface area contributed by atoms with E-state index in [1.54, 1.807) is 0 Å². The van der Waals surface area contributed by atoms with Crippen LogP contribution in [0.4, 0.5) is 0 Å². The summed E-state index contributed by atoms with van der Waals surface area (Å²) in [5.41, 5.74) is 0. The van der Waals surface area contributed by atoms with Gasteiger partial charge in [0.15, 0.2) is 0 Å². The highest BCUT2D eigenvalue weighted by atomic mass is 16.5. The molecule has 0 aliphatic carbocycles. The maximum Gasteiger partial charge on any atom is 0.0623 e. The molecule has 0 radical (unpaired) electrons. The highest BCUT2D eigenvalue weighted by molar-refractivity contribution is 4.71. The molecule has 0 spiro atoms. The SMILES string of the molecule is CN1CCOCC1CCO. The van der Waals surface area contributed by atoms with Crippen LogP contribution in [0.15, 0.2) is 0 Å². The van der Waals surface area contributed by atoms with Gasteiger partial charge in [0.05, 0.1) is 13.2 Å². The lowest BCUT2D eigenvalue weighted by atomic mass is 10.2. The maximum absolute atomic E-state index is 8.65. The minimum Gasteiger partial charge on any atom is -0.396 e. The first-order valence-corrected chi connectivity index (χ1v) is 3.73. The second-order valence-corrected chi connectivity index (χ2v) is 2.72. The van der Waals surface area contributed by atoms with Crippen molar-refractivity contribution in [2.75, 3.05) is 33.4 Å². The Morgan fingerprint density at radius 2 is 2.50 bits per heavy atom. The lowest BCUT2D eigenvalue weighted by Crippen LogP contribution is -2.43. The predicted octanol–water partition coefficient (Wildman–Crippen LogP) is -0.301. The van der Waals surface area contributed by atoms with Crippen LogP contribution in [0.1, 0.15) is 6.42 Å². The molecule has 60 valence electrons. The van der Waals surface area contributed by atoms with Gasteiger partial charge in [-0.3, -0.25) is 4.90 Å². The van der Waals surface area contributed by atoms with E-state index in [0.717, 1.165) is 26.2 Å². The fraction of sp³-hybridized carbons (Fsp3) is 1.00. The van der Waals surface area contributed by atoms with E-state index in [2.05, 4.69) is 11.9 Å². The second-order valence-electron chi connectivity index (χ2n) is 2.72. The molecule has 1 heterocycles. The molecule has 0 aromatic carbocycles. The number of aliphatic hydroxyl groups is 1. The number of aliphatic hydroxyl groups excluding tert-OH is 1. The fourth-order valence-electron chi connectivity index (χ4n) is 1.19. The quantitative estimate of drug-likeness (QED) is 0.579. The molecule has 0 aromatic rings. The largest absolute Gasteiger partial charge is 0.396 e. The van der Waals surface area contributed by atoms with E-state index in [0.29, 0.717) is 6.04 Å². The van der Waals surface area contributed by atoms with Gasteiger partial charge in [-0.25, -0.2) is 0 Å². The average molecular weight is 145 g/mol. The Kier molecular flexibility index (Phi) is 3.12. The summed E-state index contributed by atoms with van der Waals surface area (Å²) in [5.74, 6) is 0. The van der Waals surface area contributed by atoms with Crippen molar-refractivity contribution in [3.05, 3.63) is 0 Å². The van der Waals surface area contributed by atoms with Crippen molar-refractivity contribution in [2.45, 2.75) is 12.5 Å². The lowest BCUT2D eigenvalue weighted by molar-refractivity contribution is -0.00251. The molecular formula is C7H15NO2. The summed E-state index contributed by atoms with van der Waals surface area (Å²) in [6, 6.07) is 0.429. The average Bonchev–Trinajstić information content (AvgIpc) is 1.94. The van der Waals surface area contributed by atoms with Crippen LogP contribution >= 0.6 is 0 Å². The van der Waals surface area contributed by atoms with E-state index in [1.807, 2.05) is 0 Å². The summed E-state index contributed by atoms with van der Waals surface area (Å²) in [6.07, 6.45) is 0.830. The number of hydrogen-bond donors (Lipinski definition) is 1. The summed E-state index contributed by atoms with van der Waals surface area (Å²) < 4.78 is 5.25. The third kappa shape index (κ3) is 1.94. The summed E-state index contributed by atoms with van der Waals surface area (Å²) in [6.45, 7) is 2.86. The Balaban J connectivity index is 2.25. The van der Waals surface area contributed by atoms with Crippen molar-refractivity contribution in [2.24, 2.45) is 0 Å². The third-order valence-electron chi connectivity index (χ3n) is 1.98. The molecule has 1 aliphatic heterocycles. The fourth-order valence-corrected chi connectivity index (χ4v) is 1.19. The van der Waals surface area contributed by atoms with Gasteiger partial charge in [-0.1, -0.05) is 0 Å². The van der Waals surface area contributed by atoms with Crippen molar-refractivity contribution >= 4 is 0 Å². The van der Waals surface area contributed by atoms with Crippen molar-refractivity contribution in [3.63, 3.8) is 0 Å². The van der Waals surface area contributed by atoms with Crippen molar-refractivity contribution in [1.82, 2.24) is 4.90 Å². The normalized spacial score (nSPS) is 28.8. The standard InChI is InChI=1S/C7H15NO2/c1-8-3-5-10-6-7(8)2-4-9/h7,9H,2-6H2,1H3. The number of likely N-dealkylation sites (N-methyl/N-ethyl adjacent to an activating group) is 1.